The van der Waals surface area contributed by atoms with E-state index in [0.29, 0.717) is 5.56 Å². The highest BCUT2D eigenvalue weighted by Gasteiger charge is 2.39. The van der Waals surface area contributed by atoms with Crippen LogP contribution in [-0.2, 0) is 6.42 Å². The lowest BCUT2D eigenvalue weighted by Gasteiger charge is -2.22. The summed E-state index contributed by atoms with van der Waals surface area (Å²) in [4.78, 5) is 0. The van der Waals surface area contributed by atoms with E-state index in [0.717, 1.165) is 36.5 Å². The zero-order valence-corrected chi connectivity index (χ0v) is 16.4. The first-order valence-corrected chi connectivity index (χ1v) is 9.58. The molecule has 0 saturated heterocycles. The molecule has 0 saturated carbocycles. The number of alkyl halides is 3. The maximum Gasteiger partial charge on any atom is 0.399 e. The van der Waals surface area contributed by atoms with Gasteiger partial charge in [0.05, 0.1) is 21.0 Å². The Kier molecular flexibility index (Phi) is 6.11. The predicted molar refractivity (Wildman–Crippen MR) is 106 cm³/mol. The molecule has 1 aliphatic rings. The van der Waals surface area contributed by atoms with Gasteiger partial charge in [0.25, 0.3) is 0 Å². The summed E-state index contributed by atoms with van der Waals surface area (Å²) in [7, 11) is 0. The van der Waals surface area contributed by atoms with Gasteiger partial charge in [0.2, 0.25) is 0 Å². The van der Waals surface area contributed by atoms with Crippen molar-refractivity contribution in [1.82, 2.24) is 0 Å². The minimum Gasteiger partial charge on any atom is -0.324 e. The van der Waals surface area contributed by atoms with Crippen LogP contribution in [0.4, 0.5) is 13.2 Å². The van der Waals surface area contributed by atoms with Crippen LogP contribution in [0.5, 0.6) is 0 Å². The topological polar surface area (TPSA) is 26.0 Å². The standard InChI is InChI=1S/C20H17Cl3F3N/c21-16-9-13(10-17(22)19(16)23)15(20(24,25)26)7-5-11-4-6-14-12(8-11)2-1-3-18(14)27/h4-10,15,18H,1-3,27H2. The second kappa shape index (κ2) is 8.04. The van der Waals surface area contributed by atoms with Crippen molar-refractivity contribution in [1.29, 1.82) is 0 Å². The van der Waals surface area contributed by atoms with Gasteiger partial charge >= 0.3 is 6.18 Å². The van der Waals surface area contributed by atoms with Crippen LogP contribution < -0.4 is 5.73 Å². The van der Waals surface area contributed by atoms with Gasteiger partial charge in [0.15, 0.2) is 0 Å². The molecule has 0 heterocycles. The summed E-state index contributed by atoms with van der Waals surface area (Å²) < 4.78 is 40.8. The van der Waals surface area contributed by atoms with Gasteiger partial charge in [-0.3, -0.25) is 0 Å². The van der Waals surface area contributed by atoms with E-state index in [9.17, 15) is 13.2 Å². The largest absolute Gasteiger partial charge is 0.399 e. The molecule has 3 rings (SSSR count). The van der Waals surface area contributed by atoms with Crippen LogP contribution in [0.25, 0.3) is 6.08 Å². The number of allylic oxidation sites excluding steroid dienone is 1. The van der Waals surface area contributed by atoms with Crippen molar-refractivity contribution in [3.63, 3.8) is 0 Å². The van der Waals surface area contributed by atoms with Crippen LogP contribution in [0.2, 0.25) is 15.1 Å². The number of halogens is 6. The first kappa shape index (κ1) is 20.5. The van der Waals surface area contributed by atoms with E-state index in [1.165, 1.54) is 18.2 Å². The molecule has 2 aromatic carbocycles. The lowest BCUT2D eigenvalue weighted by atomic mass is 9.87. The highest BCUT2D eigenvalue weighted by Crippen LogP contribution is 2.41. The van der Waals surface area contributed by atoms with Crippen LogP contribution in [0.15, 0.2) is 36.4 Å². The van der Waals surface area contributed by atoms with E-state index in [1.54, 1.807) is 6.07 Å². The third kappa shape index (κ3) is 4.62. The van der Waals surface area contributed by atoms with Gasteiger partial charge in [-0.15, -0.1) is 0 Å². The SMILES string of the molecule is NC1CCCc2cc(C=CC(c3cc(Cl)c(Cl)c(Cl)c3)C(F)(F)F)ccc21. The Balaban J connectivity index is 1.94. The number of rotatable bonds is 3. The average Bonchev–Trinajstić information content (AvgIpc) is 2.58. The third-order valence-electron chi connectivity index (χ3n) is 4.73. The Morgan fingerprint density at radius 1 is 1.07 bits per heavy atom. The molecule has 0 radical (unpaired) electrons. The van der Waals surface area contributed by atoms with Crippen molar-refractivity contribution in [2.24, 2.45) is 5.73 Å². The number of hydrogen-bond donors (Lipinski definition) is 1. The van der Waals surface area contributed by atoms with Crippen LogP contribution in [-0.4, -0.2) is 6.18 Å². The molecular weight excluding hydrogens is 418 g/mol. The lowest BCUT2D eigenvalue weighted by molar-refractivity contribution is -0.139. The van der Waals surface area contributed by atoms with Gasteiger partial charge in [0.1, 0.15) is 0 Å². The molecule has 0 bridgehead atoms. The van der Waals surface area contributed by atoms with Crippen molar-refractivity contribution in [2.45, 2.75) is 37.4 Å². The number of benzene rings is 2. The van der Waals surface area contributed by atoms with Crippen molar-refractivity contribution >= 4 is 40.9 Å². The smallest absolute Gasteiger partial charge is 0.324 e. The molecule has 0 aromatic heterocycles. The predicted octanol–water partition coefficient (Wildman–Crippen LogP) is 7.34. The minimum absolute atomic E-state index is 0.00643. The molecular formula is C20H17Cl3F3N. The Bertz CT molecular complexity index is 854. The Labute approximate surface area is 170 Å². The first-order chi connectivity index (χ1) is 12.7. The van der Waals surface area contributed by atoms with Gasteiger partial charge in [-0.25, -0.2) is 0 Å². The molecule has 2 N–H and O–H groups in total. The fourth-order valence-corrected chi connectivity index (χ4v) is 3.96. The van der Waals surface area contributed by atoms with E-state index in [2.05, 4.69) is 0 Å². The molecule has 1 nitrogen and oxygen atoms in total. The van der Waals surface area contributed by atoms with Crippen molar-refractivity contribution in [3.8, 4) is 0 Å². The van der Waals surface area contributed by atoms with Crippen molar-refractivity contribution in [2.75, 3.05) is 0 Å². The number of nitrogens with two attached hydrogens (primary N) is 1. The molecule has 7 heteroatoms. The summed E-state index contributed by atoms with van der Waals surface area (Å²) in [5.74, 6) is -1.84. The summed E-state index contributed by atoms with van der Waals surface area (Å²) in [6, 6.07) is 7.98. The molecule has 0 amide bonds. The van der Waals surface area contributed by atoms with Crippen LogP contribution >= 0.6 is 34.8 Å². The summed E-state index contributed by atoms with van der Waals surface area (Å²) in [5, 5.41) is 0.0205. The van der Waals surface area contributed by atoms with E-state index >= 15 is 0 Å². The molecule has 2 unspecified atom stereocenters. The summed E-state index contributed by atoms with van der Waals surface area (Å²) in [6.07, 6.45) is 0.878. The average molecular weight is 435 g/mol. The van der Waals surface area contributed by atoms with Gasteiger partial charge < -0.3 is 5.73 Å². The number of fused-ring (bicyclic) bond motifs is 1. The fraction of sp³-hybridized carbons (Fsp3) is 0.300. The van der Waals surface area contributed by atoms with E-state index < -0.39 is 12.1 Å². The quantitative estimate of drug-likeness (QED) is 0.502. The first-order valence-electron chi connectivity index (χ1n) is 8.44. The second-order valence-corrected chi connectivity index (χ2v) is 7.83. The normalized spacial score (nSPS) is 18.6. The van der Waals surface area contributed by atoms with Crippen LogP contribution in [0, 0.1) is 0 Å². The lowest BCUT2D eigenvalue weighted by Crippen LogP contribution is -2.19. The minimum atomic E-state index is -4.49. The molecule has 2 atom stereocenters. The zero-order chi connectivity index (χ0) is 19.8. The van der Waals surface area contributed by atoms with Gasteiger partial charge in [0, 0.05) is 6.04 Å². The summed E-state index contributed by atoms with van der Waals surface area (Å²) in [5.41, 5.74) is 8.90. The van der Waals surface area contributed by atoms with Crippen molar-refractivity contribution in [3.05, 3.63) is 73.7 Å². The molecule has 2 aromatic rings. The maximum atomic E-state index is 13.6. The van der Waals surface area contributed by atoms with Crippen LogP contribution in [0.3, 0.4) is 0 Å². The van der Waals surface area contributed by atoms with Gasteiger partial charge in [-0.05, 0) is 53.6 Å². The fourth-order valence-electron chi connectivity index (χ4n) is 3.35. The maximum absolute atomic E-state index is 13.6. The molecule has 1 aliphatic carbocycles. The van der Waals surface area contributed by atoms with Gasteiger partial charge in [-0.2, -0.15) is 13.2 Å². The molecule has 0 fully saturated rings. The third-order valence-corrected chi connectivity index (χ3v) is 5.92. The van der Waals surface area contributed by atoms with Crippen molar-refractivity contribution < 1.29 is 13.2 Å². The van der Waals surface area contributed by atoms with E-state index in [-0.39, 0.29) is 26.7 Å². The van der Waals surface area contributed by atoms with Crippen LogP contribution in [0.1, 0.15) is 47.1 Å². The Morgan fingerprint density at radius 3 is 2.37 bits per heavy atom. The highest BCUT2D eigenvalue weighted by molar-refractivity contribution is 6.48. The summed E-state index contributed by atoms with van der Waals surface area (Å²) >= 11 is 17.7. The number of hydrogen-bond acceptors (Lipinski definition) is 1. The second-order valence-electron chi connectivity index (χ2n) is 6.63. The van der Waals surface area contributed by atoms with E-state index in [4.69, 9.17) is 40.5 Å². The summed E-state index contributed by atoms with van der Waals surface area (Å²) in [6.45, 7) is 0. The molecule has 27 heavy (non-hydrogen) atoms. The van der Waals surface area contributed by atoms with E-state index in [1.807, 2.05) is 12.1 Å². The molecule has 0 aliphatic heterocycles. The Hall–Kier alpha value is -1.20. The number of aryl methyl sites for hydroxylation is 1. The zero-order valence-electron chi connectivity index (χ0n) is 14.2. The molecule has 144 valence electrons. The monoisotopic (exact) mass is 433 g/mol. The highest BCUT2D eigenvalue weighted by atomic mass is 35.5. The molecule has 0 spiro atoms. The van der Waals surface area contributed by atoms with Gasteiger partial charge in [-0.1, -0.05) is 65.2 Å². The Morgan fingerprint density at radius 2 is 1.74 bits per heavy atom.